The molecule has 0 saturated carbocycles. The van der Waals surface area contributed by atoms with E-state index in [9.17, 15) is 9.90 Å². The molecule has 0 fully saturated rings. The van der Waals surface area contributed by atoms with Crippen LogP contribution in [0.2, 0.25) is 0 Å². The highest BCUT2D eigenvalue weighted by atomic mass is 16.5. The van der Waals surface area contributed by atoms with Crippen LogP contribution in [-0.4, -0.2) is 5.97 Å². The number of rotatable bonds is 10. The topological polar surface area (TPSA) is 85.2 Å². The summed E-state index contributed by atoms with van der Waals surface area (Å²) in [6.45, 7) is 6.16. The number of nitriles is 1. The summed E-state index contributed by atoms with van der Waals surface area (Å²) in [5.74, 6) is -0.752. The Morgan fingerprint density at radius 2 is 1.88 bits per heavy atom. The van der Waals surface area contributed by atoms with Gasteiger partial charge >= 0.3 is 0 Å². The van der Waals surface area contributed by atoms with Gasteiger partial charge in [0.25, 0.3) is 0 Å². The first-order chi connectivity index (χ1) is 15.5. The van der Waals surface area contributed by atoms with Crippen LogP contribution in [0.5, 0.6) is 5.75 Å². The van der Waals surface area contributed by atoms with Crippen LogP contribution in [0.4, 0.5) is 5.69 Å². The van der Waals surface area contributed by atoms with Gasteiger partial charge in [-0.3, -0.25) is 0 Å². The molecule has 0 radical (unpaired) electrons. The molecule has 3 aromatic carbocycles. The maximum atomic E-state index is 12.2. The van der Waals surface area contributed by atoms with Gasteiger partial charge in [-0.05, 0) is 59.9 Å². The summed E-state index contributed by atoms with van der Waals surface area (Å²) in [6, 6.07) is 21.1. The zero-order valence-corrected chi connectivity index (χ0v) is 18.0. The van der Waals surface area contributed by atoms with Crippen LogP contribution in [0.1, 0.15) is 40.8 Å². The summed E-state index contributed by atoms with van der Waals surface area (Å²) < 4.78 is 6.19. The summed E-state index contributed by atoms with van der Waals surface area (Å²) >= 11 is 0. The summed E-state index contributed by atoms with van der Waals surface area (Å²) in [5, 5.41) is 24.3. The van der Waals surface area contributed by atoms with Crippen LogP contribution >= 0.6 is 0 Å². The highest BCUT2D eigenvalue weighted by molar-refractivity contribution is 5.79. The van der Waals surface area contributed by atoms with E-state index in [2.05, 4.69) is 18.0 Å². The second-order valence-electron chi connectivity index (χ2n) is 7.38. The van der Waals surface area contributed by atoms with Crippen molar-refractivity contribution in [2.45, 2.75) is 32.4 Å². The molecule has 0 saturated heterocycles. The number of carboxylic acid groups (broad SMARTS) is 1. The standard InChI is InChI=1S/C27H26N2O3/c1-3-8-22-15-19(4-2)16-24(26(22)32-18-21-9-6-5-7-10-21)25(27(30)31)29-23-13-11-20(17-28)12-14-23/h3,5-7,9-16,25,29H,1,4,8,18H2,2H3,(H,30,31)/p-1. The van der Waals surface area contributed by atoms with Crippen molar-refractivity contribution in [3.8, 4) is 11.8 Å². The number of nitrogens with zero attached hydrogens (tertiary/aromatic N) is 1. The van der Waals surface area contributed by atoms with Gasteiger partial charge in [0.15, 0.2) is 0 Å². The number of allylic oxidation sites excluding steroid dienone is 1. The number of carboxylic acids is 1. The Hall–Kier alpha value is -4.04. The van der Waals surface area contributed by atoms with Crippen molar-refractivity contribution in [2.24, 2.45) is 0 Å². The fourth-order valence-electron chi connectivity index (χ4n) is 3.48. The van der Waals surface area contributed by atoms with Gasteiger partial charge in [0.2, 0.25) is 0 Å². The minimum Gasteiger partial charge on any atom is -0.548 e. The highest BCUT2D eigenvalue weighted by Crippen LogP contribution is 2.34. The van der Waals surface area contributed by atoms with Gasteiger partial charge in [0, 0.05) is 11.3 Å². The molecule has 1 unspecified atom stereocenters. The van der Waals surface area contributed by atoms with E-state index < -0.39 is 12.0 Å². The molecule has 0 bridgehead atoms. The lowest BCUT2D eigenvalue weighted by atomic mass is 9.95. The molecule has 0 amide bonds. The molecule has 0 aliphatic carbocycles. The first-order valence-corrected chi connectivity index (χ1v) is 10.5. The monoisotopic (exact) mass is 425 g/mol. The average Bonchev–Trinajstić information content (AvgIpc) is 2.82. The molecule has 162 valence electrons. The Balaban J connectivity index is 2.04. The first kappa shape index (κ1) is 22.6. The molecule has 0 spiro atoms. The molecular formula is C27H25N2O3-. The molecule has 5 heteroatoms. The smallest absolute Gasteiger partial charge is 0.128 e. The van der Waals surface area contributed by atoms with E-state index in [0.717, 1.165) is 23.1 Å². The van der Waals surface area contributed by atoms with Gasteiger partial charge in [0.1, 0.15) is 12.4 Å². The van der Waals surface area contributed by atoms with Crippen molar-refractivity contribution < 1.29 is 14.6 Å². The lowest BCUT2D eigenvalue weighted by Crippen LogP contribution is -2.34. The molecule has 1 N–H and O–H groups in total. The van der Waals surface area contributed by atoms with Gasteiger partial charge in [0.05, 0.1) is 23.6 Å². The van der Waals surface area contributed by atoms with Gasteiger partial charge in [-0.2, -0.15) is 5.26 Å². The Labute approximate surface area is 188 Å². The van der Waals surface area contributed by atoms with Crippen molar-refractivity contribution in [1.82, 2.24) is 0 Å². The van der Waals surface area contributed by atoms with E-state index in [4.69, 9.17) is 10.00 Å². The molecule has 3 aromatic rings. The number of anilines is 1. The largest absolute Gasteiger partial charge is 0.548 e. The number of ether oxygens (including phenoxy) is 1. The number of carbonyl (C=O) groups is 1. The minimum atomic E-state index is -1.27. The third kappa shape index (κ3) is 5.55. The molecule has 0 aliphatic rings. The normalized spacial score (nSPS) is 11.2. The van der Waals surface area contributed by atoms with Crippen molar-refractivity contribution in [3.63, 3.8) is 0 Å². The fraction of sp³-hybridized carbons (Fsp3) is 0.185. The number of hydrogen-bond acceptors (Lipinski definition) is 5. The van der Waals surface area contributed by atoms with Crippen molar-refractivity contribution in [1.29, 1.82) is 5.26 Å². The van der Waals surface area contributed by atoms with E-state index in [0.29, 0.717) is 35.6 Å². The van der Waals surface area contributed by atoms with Crippen LogP contribution in [0.3, 0.4) is 0 Å². The third-order valence-corrected chi connectivity index (χ3v) is 5.12. The number of nitrogens with one attached hydrogen (secondary N) is 1. The third-order valence-electron chi connectivity index (χ3n) is 5.12. The summed E-state index contributed by atoms with van der Waals surface area (Å²) in [5.41, 5.74) is 4.41. The SMILES string of the molecule is C=CCc1cc(CC)cc(C(Nc2ccc(C#N)cc2)C(=O)[O-])c1OCc1ccccc1. The van der Waals surface area contributed by atoms with Crippen LogP contribution < -0.4 is 15.2 Å². The van der Waals surface area contributed by atoms with Gasteiger partial charge < -0.3 is 20.0 Å². The molecule has 0 aromatic heterocycles. The molecule has 3 rings (SSSR count). The molecule has 1 atom stereocenters. The van der Waals surface area contributed by atoms with Crippen molar-refractivity contribution in [2.75, 3.05) is 5.32 Å². The summed E-state index contributed by atoms with van der Waals surface area (Å²) in [7, 11) is 0. The minimum absolute atomic E-state index is 0.306. The first-order valence-electron chi connectivity index (χ1n) is 10.5. The predicted molar refractivity (Wildman–Crippen MR) is 123 cm³/mol. The second kappa shape index (κ2) is 10.8. The van der Waals surface area contributed by atoms with E-state index >= 15 is 0 Å². The highest BCUT2D eigenvalue weighted by Gasteiger charge is 2.21. The number of aliphatic carboxylic acids is 1. The number of carbonyl (C=O) groups excluding carboxylic acids is 1. The Bertz CT molecular complexity index is 1120. The maximum Gasteiger partial charge on any atom is 0.128 e. The Morgan fingerprint density at radius 3 is 2.47 bits per heavy atom. The molecule has 5 nitrogen and oxygen atoms in total. The van der Waals surface area contributed by atoms with E-state index in [-0.39, 0.29) is 0 Å². The van der Waals surface area contributed by atoms with Crippen molar-refractivity contribution in [3.05, 3.63) is 107 Å². The average molecular weight is 426 g/mol. The summed E-state index contributed by atoms with van der Waals surface area (Å²) in [6.07, 6.45) is 3.06. The van der Waals surface area contributed by atoms with E-state index in [1.165, 1.54) is 0 Å². The second-order valence-corrected chi connectivity index (χ2v) is 7.38. The lowest BCUT2D eigenvalue weighted by molar-refractivity contribution is -0.307. The Kier molecular flexibility index (Phi) is 7.66. The van der Waals surface area contributed by atoms with Crippen LogP contribution in [-0.2, 0) is 24.2 Å². The Morgan fingerprint density at radius 1 is 1.16 bits per heavy atom. The van der Waals surface area contributed by atoms with Gasteiger partial charge in [-0.1, -0.05) is 49.4 Å². The van der Waals surface area contributed by atoms with Crippen LogP contribution in [0, 0.1) is 11.3 Å². The van der Waals surface area contributed by atoms with Gasteiger partial charge in [-0.25, -0.2) is 0 Å². The fourth-order valence-corrected chi connectivity index (χ4v) is 3.48. The molecule has 32 heavy (non-hydrogen) atoms. The van der Waals surface area contributed by atoms with E-state index in [1.807, 2.05) is 49.4 Å². The maximum absolute atomic E-state index is 12.2. The van der Waals surface area contributed by atoms with Crippen LogP contribution in [0.25, 0.3) is 0 Å². The molecule has 0 heterocycles. The van der Waals surface area contributed by atoms with Crippen molar-refractivity contribution >= 4 is 11.7 Å². The zero-order valence-electron chi connectivity index (χ0n) is 18.0. The number of hydrogen-bond donors (Lipinski definition) is 1. The van der Waals surface area contributed by atoms with Gasteiger partial charge in [-0.15, -0.1) is 6.58 Å². The quantitative estimate of drug-likeness (QED) is 0.489. The number of aryl methyl sites for hydroxylation is 1. The zero-order chi connectivity index (χ0) is 22.9. The van der Waals surface area contributed by atoms with Crippen LogP contribution in [0.15, 0.2) is 79.4 Å². The predicted octanol–water partition coefficient (Wildman–Crippen LogP) is 4.33. The molecule has 0 aliphatic heterocycles. The summed E-state index contributed by atoms with van der Waals surface area (Å²) in [4.78, 5) is 12.2. The molecular weight excluding hydrogens is 400 g/mol. The lowest BCUT2D eigenvalue weighted by Gasteiger charge is -2.26. The van der Waals surface area contributed by atoms with E-state index in [1.54, 1.807) is 30.3 Å². The number of benzene rings is 3.